The van der Waals surface area contributed by atoms with Crippen LogP contribution < -0.4 is 5.73 Å². The fraction of sp³-hybridized carbons (Fsp3) is 0.364. The highest BCUT2D eigenvalue weighted by atomic mass is 32.2. The van der Waals surface area contributed by atoms with Crippen molar-refractivity contribution in [2.24, 2.45) is 0 Å². The number of aromatic nitrogens is 3. The minimum absolute atomic E-state index is 0.466. The van der Waals surface area contributed by atoms with E-state index in [1.165, 1.54) is 0 Å². The van der Waals surface area contributed by atoms with E-state index < -0.39 is 0 Å². The first kappa shape index (κ1) is 11.9. The first-order valence-electron chi connectivity index (χ1n) is 5.26. The highest BCUT2D eigenvalue weighted by molar-refractivity contribution is 7.99. The van der Waals surface area contributed by atoms with E-state index in [0.717, 1.165) is 12.0 Å². The Labute approximate surface area is 104 Å². The summed E-state index contributed by atoms with van der Waals surface area (Å²) in [7, 11) is 0. The third-order valence-electron chi connectivity index (χ3n) is 2.38. The van der Waals surface area contributed by atoms with Gasteiger partial charge < -0.3 is 10.3 Å². The molecule has 2 heterocycles. The van der Waals surface area contributed by atoms with Gasteiger partial charge in [0.15, 0.2) is 0 Å². The van der Waals surface area contributed by atoms with Gasteiger partial charge in [-0.3, -0.25) is 0 Å². The van der Waals surface area contributed by atoms with Crippen LogP contribution in [0.4, 0.5) is 5.82 Å². The van der Waals surface area contributed by atoms with E-state index >= 15 is 0 Å². The summed E-state index contributed by atoms with van der Waals surface area (Å²) in [5, 5.41) is 4.39. The van der Waals surface area contributed by atoms with Crippen LogP contribution >= 0.6 is 11.8 Å². The second-order valence-electron chi connectivity index (χ2n) is 3.73. The standard InChI is InChI=1S/C11H14N4OS/c1-7(17-2)5-10-14-11(15-16-10)8-3-4-9(12)13-6-8/h3-4,6-7H,5H2,1-2H3,(H2,12,13). The topological polar surface area (TPSA) is 77.8 Å². The summed E-state index contributed by atoms with van der Waals surface area (Å²) in [6.45, 7) is 2.12. The Hall–Kier alpha value is -1.56. The molecular formula is C11H14N4OS. The molecule has 0 aliphatic rings. The van der Waals surface area contributed by atoms with Crippen LogP contribution in [0.25, 0.3) is 11.4 Å². The highest BCUT2D eigenvalue weighted by Gasteiger charge is 2.11. The number of thioether (sulfide) groups is 1. The van der Waals surface area contributed by atoms with Crippen molar-refractivity contribution in [1.82, 2.24) is 15.1 Å². The monoisotopic (exact) mass is 250 g/mol. The molecule has 2 N–H and O–H groups in total. The van der Waals surface area contributed by atoms with E-state index in [1.54, 1.807) is 24.0 Å². The zero-order valence-electron chi connectivity index (χ0n) is 9.75. The predicted octanol–water partition coefficient (Wildman–Crippen LogP) is 2.01. The Morgan fingerprint density at radius 2 is 2.29 bits per heavy atom. The number of pyridine rings is 1. The fourth-order valence-electron chi connectivity index (χ4n) is 1.32. The van der Waals surface area contributed by atoms with Crippen LogP contribution in [0, 0.1) is 0 Å². The van der Waals surface area contributed by atoms with Gasteiger partial charge in [0.1, 0.15) is 5.82 Å². The maximum Gasteiger partial charge on any atom is 0.228 e. The lowest BCUT2D eigenvalue weighted by Gasteiger charge is -2.01. The zero-order chi connectivity index (χ0) is 12.3. The average Bonchev–Trinajstić information content (AvgIpc) is 2.78. The molecule has 5 nitrogen and oxygen atoms in total. The Kier molecular flexibility index (Phi) is 3.63. The normalized spacial score (nSPS) is 12.6. The van der Waals surface area contributed by atoms with Crippen molar-refractivity contribution < 1.29 is 4.52 Å². The van der Waals surface area contributed by atoms with Crippen LogP contribution in [0.1, 0.15) is 12.8 Å². The molecule has 2 rings (SSSR count). The molecule has 0 aliphatic carbocycles. The van der Waals surface area contributed by atoms with E-state index in [2.05, 4.69) is 28.3 Å². The quantitative estimate of drug-likeness (QED) is 0.894. The highest BCUT2D eigenvalue weighted by Crippen LogP contribution is 2.17. The molecule has 2 aromatic heterocycles. The predicted molar refractivity (Wildman–Crippen MR) is 68.6 cm³/mol. The van der Waals surface area contributed by atoms with Gasteiger partial charge in [0.25, 0.3) is 0 Å². The maximum atomic E-state index is 5.52. The molecule has 2 aromatic rings. The molecule has 1 unspecified atom stereocenters. The summed E-state index contributed by atoms with van der Waals surface area (Å²) in [5.74, 6) is 1.69. The van der Waals surface area contributed by atoms with Crippen molar-refractivity contribution in [2.45, 2.75) is 18.6 Å². The Morgan fingerprint density at radius 1 is 1.47 bits per heavy atom. The second kappa shape index (κ2) is 5.18. The summed E-state index contributed by atoms with van der Waals surface area (Å²) in [6, 6.07) is 3.55. The molecule has 0 spiro atoms. The molecule has 0 bridgehead atoms. The lowest BCUT2D eigenvalue weighted by Crippen LogP contribution is -2.00. The Balaban J connectivity index is 2.15. The average molecular weight is 250 g/mol. The summed E-state index contributed by atoms with van der Waals surface area (Å²) >= 11 is 1.77. The fourth-order valence-corrected chi connectivity index (χ4v) is 1.63. The number of rotatable bonds is 4. The molecule has 90 valence electrons. The first-order valence-corrected chi connectivity index (χ1v) is 6.55. The van der Waals surface area contributed by atoms with Crippen molar-refractivity contribution in [2.75, 3.05) is 12.0 Å². The van der Waals surface area contributed by atoms with Crippen LogP contribution in [-0.4, -0.2) is 26.6 Å². The lowest BCUT2D eigenvalue weighted by atomic mass is 10.2. The zero-order valence-corrected chi connectivity index (χ0v) is 10.6. The second-order valence-corrected chi connectivity index (χ2v) is 5.01. The summed E-state index contributed by atoms with van der Waals surface area (Å²) in [5.41, 5.74) is 6.33. The van der Waals surface area contributed by atoms with Gasteiger partial charge >= 0.3 is 0 Å². The number of hydrogen-bond acceptors (Lipinski definition) is 6. The number of nitrogens with zero attached hydrogens (tertiary/aromatic N) is 3. The molecule has 17 heavy (non-hydrogen) atoms. The van der Waals surface area contributed by atoms with Crippen LogP contribution in [0.2, 0.25) is 0 Å². The van der Waals surface area contributed by atoms with Crippen molar-refractivity contribution in [1.29, 1.82) is 0 Å². The molecule has 6 heteroatoms. The van der Waals surface area contributed by atoms with Gasteiger partial charge in [0.2, 0.25) is 11.7 Å². The Bertz CT molecular complexity index is 482. The van der Waals surface area contributed by atoms with E-state index in [4.69, 9.17) is 10.3 Å². The third kappa shape index (κ3) is 2.97. The number of nitrogens with two attached hydrogens (primary N) is 1. The SMILES string of the molecule is CSC(C)Cc1nc(-c2ccc(N)nc2)no1. The first-order chi connectivity index (χ1) is 8.19. The molecule has 0 aromatic carbocycles. The van der Waals surface area contributed by atoms with Gasteiger partial charge in [-0.1, -0.05) is 12.1 Å². The van der Waals surface area contributed by atoms with E-state index in [-0.39, 0.29) is 0 Å². The Morgan fingerprint density at radius 3 is 2.94 bits per heavy atom. The summed E-state index contributed by atoms with van der Waals surface area (Å²) in [6.07, 6.45) is 4.48. The van der Waals surface area contributed by atoms with Crippen molar-refractivity contribution >= 4 is 17.6 Å². The van der Waals surface area contributed by atoms with Gasteiger partial charge in [-0.15, -0.1) is 0 Å². The van der Waals surface area contributed by atoms with Crippen molar-refractivity contribution in [3.8, 4) is 11.4 Å². The molecule has 0 aliphatic heterocycles. The van der Waals surface area contributed by atoms with Crippen LogP contribution in [-0.2, 0) is 6.42 Å². The number of nitrogen functional groups attached to an aromatic ring is 1. The van der Waals surface area contributed by atoms with Crippen molar-refractivity contribution in [3.05, 3.63) is 24.2 Å². The van der Waals surface area contributed by atoms with Gasteiger partial charge in [-0.2, -0.15) is 16.7 Å². The van der Waals surface area contributed by atoms with Crippen LogP contribution in [0.15, 0.2) is 22.9 Å². The summed E-state index contributed by atoms with van der Waals surface area (Å²) < 4.78 is 5.19. The molecule has 0 saturated carbocycles. The van der Waals surface area contributed by atoms with Gasteiger partial charge in [-0.05, 0) is 18.4 Å². The molecule has 0 saturated heterocycles. The smallest absolute Gasteiger partial charge is 0.228 e. The molecule has 0 fully saturated rings. The van der Waals surface area contributed by atoms with E-state index in [1.807, 2.05) is 6.07 Å². The molecule has 0 amide bonds. The lowest BCUT2D eigenvalue weighted by molar-refractivity contribution is 0.379. The minimum atomic E-state index is 0.466. The number of hydrogen-bond donors (Lipinski definition) is 1. The van der Waals surface area contributed by atoms with E-state index in [0.29, 0.717) is 22.8 Å². The van der Waals surface area contributed by atoms with Gasteiger partial charge in [0, 0.05) is 23.4 Å². The largest absolute Gasteiger partial charge is 0.384 e. The van der Waals surface area contributed by atoms with Gasteiger partial charge in [0.05, 0.1) is 0 Å². The minimum Gasteiger partial charge on any atom is -0.384 e. The maximum absolute atomic E-state index is 5.52. The van der Waals surface area contributed by atoms with Crippen molar-refractivity contribution in [3.63, 3.8) is 0 Å². The molecule has 0 radical (unpaired) electrons. The van der Waals surface area contributed by atoms with Crippen LogP contribution in [0.5, 0.6) is 0 Å². The summed E-state index contributed by atoms with van der Waals surface area (Å²) in [4.78, 5) is 8.32. The number of anilines is 1. The third-order valence-corrected chi connectivity index (χ3v) is 3.35. The van der Waals surface area contributed by atoms with Crippen LogP contribution in [0.3, 0.4) is 0 Å². The van der Waals surface area contributed by atoms with E-state index in [9.17, 15) is 0 Å². The molecular weight excluding hydrogens is 236 g/mol. The van der Waals surface area contributed by atoms with Gasteiger partial charge in [-0.25, -0.2) is 4.98 Å². The molecule has 1 atom stereocenters.